The Morgan fingerprint density at radius 3 is 2.50 bits per heavy atom. The lowest BCUT2D eigenvalue weighted by molar-refractivity contribution is 1.11. The van der Waals surface area contributed by atoms with Crippen LogP contribution in [0, 0.1) is 6.92 Å². The normalized spacial score (nSPS) is 14.9. The van der Waals surface area contributed by atoms with E-state index in [1.807, 2.05) is 6.21 Å². The van der Waals surface area contributed by atoms with E-state index in [4.69, 9.17) is 0 Å². The van der Waals surface area contributed by atoms with Crippen LogP contribution in [0.2, 0.25) is 0 Å². The van der Waals surface area contributed by atoms with Gasteiger partial charge < -0.3 is 0 Å². The third-order valence-electron chi connectivity index (χ3n) is 1.88. The zero-order valence-corrected chi connectivity index (χ0v) is 6.99. The third-order valence-corrected chi connectivity index (χ3v) is 1.88. The van der Waals surface area contributed by atoms with Gasteiger partial charge in [0.05, 0.1) is 5.71 Å². The molecular formula is C10H10N2. The van der Waals surface area contributed by atoms with Crippen molar-refractivity contribution in [2.24, 2.45) is 9.98 Å². The molecule has 60 valence electrons. The number of nitrogens with zero attached hydrogens (tertiary/aromatic N) is 2. The van der Waals surface area contributed by atoms with Crippen molar-refractivity contribution in [1.29, 1.82) is 0 Å². The van der Waals surface area contributed by atoms with Crippen molar-refractivity contribution >= 4 is 11.9 Å². The van der Waals surface area contributed by atoms with E-state index >= 15 is 0 Å². The van der Waals surface area contributed by atoms with Crippen molar-refractivity contribution in [2.45, 2.75) is 6.92 Å². The van der Waals surface area contributed by atoms with Gasteiger partial charge in [-0.1, -0.05) is 29.8 Å². The molecule has 0 fully saturated rings. The molecule has 0 aromatic heterocycles. The molecule has 0 saturated carbocycles. The van der Waals surface area contributed by atoms with Gasteiger partial charge in [-0.2, -0.15) is 0 Å². The van der Waals surface area contributed by atoms with Crippen molar-refractivity contribution in [2.75, 3.05) is 6.67 Å². The maximum Gasteiger partial charge on any atom is 0.130 e. The van der Waals surface area contributed by atoms with Crippen LogP contribution in [0.1, 0.15) is 11.1 Å². The average Bonchev–Trinajstić information content (AvgIpc) is 2.58. The fourth-order valence-electron chi connectivity index (χ4n) is 1.18. The smallest absolute Gasteiger partial charge is 0.130 e. The van der Waals surface area contributed by atoms with Crippen LogP contribution in [-0.2, 0) is 0 Å². The lowest BCUT2D eigenvalue weighted by atomic mass is 10.1. The molecule has 2 heteroatoms. The molecule has 1 heterocycles. The van der Waals surface area contributed by atoms with Crippen LogP contribution in [0.25, 0.3) is 0 Å². The number of hydrogen-bond acceptors (Lipinski definition) is 2. The van der Waals surface area contributed by atoms with E-state index in [0.29, 0.717) is 6.67 Å². The summed E-state index contributed by atoms with van der Waals surface area (Å²) in [5, 5.41) is 0. The van der Waals surface area contributed by atoms with Crippen LogP contribution >= 0.6 is 0 Å². The quantitative estimate of drug-likeness (QED) is 0.595. The van der Waals surface area contributed by atoms with Crippen LogP contribution in [0.5, 0.6) is 0 Å². The Balaban J connectivity index is 2.35. The van der Waals surface area contributed by atoms with Crippen molar-refractivity contribution in [3.63, 3.8) is 0 Å². The minimum atomic E-state index is 0.587. The highest BCUT2D eigenvalue weighted by Gasteiger charge is 2.02. The first kappa shape index (κ1) is 7.22. The van der Waals surface area contributed by atoms with Crippen LogP contribution in [-0.4, -0.2) is 18.6 Å². The summed E-state index contributed by atoms with van der Waals surface area (Å²) in [5.74, 6) is 0. The predicted octanol–water partition coefficient (Wildman–Crippen LogP) is 1.83. The number of benzene rings is 1. The fraction of sp³-hybridized carbons (Fsp3) is 0.200. The van der Waals surface area contributed by atoms with Gasteiger partial charge in [-0.3, -0.25) is 9.98 Å². The topological polar surface area (TPSA) is 24.7 Å². The summed E-state index contributed by atoms with van der Waals surface area (Å²) in [6.45, 7) is 2.66. The van der Waals surface area contributed by atoms with Gasteiger partial charge in [-0.15, -0.1) is 0 Å². The van der Waals surface area contributed by atoms with E-state index in [-0.39, 0.29) is 0 Å². The number of hydrogen-bond donors (Lipinski definition) is 0. The first-order valence-electron chi connectivity index (χ1n) is 3.97. The molecule has 12 heavy (non-hydrogen) atoms. The average molecular weight is 158 g/mol. The van der Waals surface area contributed by atoms with E-state index < -0.39 is 0 Å². The van der Waals surface area contributed by atoms with Gasteiger partial charge >= 0.3 is 0 Å². The standard InChI is InChI=1S/C10H10N2/c1-8-2-4-9(5-3-8)10-6-11-7-12-10/h2-6H,7H2,1H3. The molecule has 1 aliphatic rings. The minimum absolute atomic E-state index is 0.587. The van der Waals surface area contributed by atoms with Crippen LogP contribution in [0.4, 0.5) is 0 Å². The molecule has 0 unspecified atom stereocenters. The molecule has 1 aromatic rings. The summed E-state index contributed by atoms with van der Waals surface area (Å²) in [4.78, 5) is 8.26. The molecule has 1 aliphatic heterocycles. The number of rotatable bonds is 1. The maximum atomic E-state index is 4.23. The van der Waals surface area contributed by atoms with Gasteiger partial charge in [0.15, 0.2) is 0 Å². The van der Waals surface area contributed by atoms with E-state index in [2.05, 4.69) is 41.2 Å². The number of aryl methyl sites for hydroxylation is 1. The van der Waals surface area contributed by atoms with Crippen LogP contribution in [0.3, 0.4) is 0 Å². The summed E-state index contributed by atoms with van der Waals surface area (Å²) in [6.07, 6.45) is 1.82. The third kappa shape index (κ3) is 1.28. The predicted molar refractivity (Wildman–Crippen MR) is 51.1 cm³/mol. The van der Waals surface area contributed by atoms with Gasteiger partial charge in [0.2, 0.25) is 0 Å². The first-order chi connectivity index (χ1) is 5.86. The van der Waals surface area contributed by atoms with E-state index in [9.17, 15) is 0 Å². The highest BCUT2D eigenvalue weighted by atomic mass is 15.0. The Morgan fingerprint density at radius 1 is 1.17 bits per heavy atom. The molecular weight excluding hydrogens is 148 g/mol. The Bertz CT molecular complexity index is 333. The van der Waals surface area contributed by atoms with Crippen molar-refractivity contribution in [3.8, 4) is 0 Å². The molecule has 0 radical (unpaired) electrons. The van der Waals surface area contributed by atoms with Crippen molar-refractivity contribution in [1.82, 2.24) is 0 Å². The van der Waals surface area contributed by atoms with Gasteiger partial charge in [0, 0.05) is 11.8 Å². The van der Waals surface area contributed by atoms with Gasteiger partial charge in [0.1, 0.15) is 6.67 Å². The summed E-state index contributed by atoms with van der Waals surface area (Å²) in [7, 11) is 0. The highest BCUT2D eigenvalue weighted by Crippen LogP contribution is 2.05. The zero-order chi connectivity index (χ0) is 8.39. The SMILES string of the molecule is Cc1ccc(C2=NCN=C2)cc1. The molecule has 2 nitrogen and oxygen atoms in total. The second kappa shape index (κ2) is 2.89. The molecule has 0 N–H and O–H groups in total. The molecule has 0 amide bonds. The van der Waals surface area contributed by atoms with Gasteiger partial charge in [-0.25, -0.2) is 0 Å². The van der Waals surface area contributed by atoms with Crippen LogP contribution < -0.4 is 0 Å². The monoisotopic (exact) mass is 158 g/mol. The summed E-state index contributed by atoms with van der Waals surface area (Å²) >= 11 is 0. The minimum Gasteiger partial charge on any atom is -0.268 e. The van der Waals surface area contributed by atoms with E-state index in [1.165, 1.54) is 5.56 Å². The Kier molecular flexibility index (Phi) is 1.74. The van der Waals surface area contributed by atoms with Crippen molar-refractivity contribution < 1.29 is 0 Å². The molecule has 0 saturated heterocycles. The lowest BCUT2D eigenvalue weighted by Gasteiger charge is -1.97. The lowest BCUT2D eigenvalue weighted by Crippen LogP contribution is -1.98. The van der Waals surface area contributed by atoms with Gasteiger partial charge in [0.25, 0.3) is 0 Å². The van der Waals surface area contributed by atoms with Crippen LogP contribution in [0.15, 0.2) is 34.3 Å². The second-order valence-electron chi connectivity index (χ2n) is 2.86. The maximum absolute atomic E-state index is 4.23. The Hall–Kier alpha value is -1.44. The molecule has 0 spiro atoms. The summed E-state index contributed by atoms with van der Waals surface area (Å²) in [6, 6.07) is 8.32. The van der Waals surface area contributed by atoms with E-state index in [0.717, 1.165) is 11.3 Å². The highest BCUT2D eigenvalue weighted by molar-refractivity contribution is 6.39. The molecule has 2 rings (SSSR count). The Morgan fingerprint density at radius 2 is 1.92 bits per heavy atom. The molecule has 0 bridgehead atoms. The summed E-state index contributed by atoms with van der Waals surface area (Å²) < 4.78 is 0. The summed E-state index contributed by atoms with van der Waals surface area (Å²) in [5.41, 5.74) is 3.42. The molecule has 0 aliphatic carbocycles. The zero-order valence-electron chi connectivity index (χ0n) is 6.99. The van der Waals surface area contributed by atoms with E-state index in [1.54, 1.807) is 0 Å². The largest absolute Gasteiger partial charge is 0.268 e. The second-order valence-corrected chi connectivity index (χ2v) is 2.86. The first-order valence-corrected chi connectivity index (χ1v) is 3.97. The molecule has 0 atom stereocenters. The fourth-order valence-corrected chi connectivity index (χ4v) is 1.18. The molecule has 1 aromatic carbocycles. The number of aliphatic imine (C=N–C) groups is 2. The van der Waals surface area contributed by atoms with Gasteiger partial charge in [-0.05, 0) is 6.92 Å². The van der Waals surface area contributed by atoms with Crippen molar-refractivity contribution in [3.05, 3.63) is 35.4 Å². The Labute approximate surface area is 71.7 Å².